The van der Waals surface area contributed by atoms with Gasteiger partial charge in [-0.15, -0.1) is 0 Å². The molecule has 0 bridgehead atoms. The molecule has 1 N–H and O–H groups in total. The number of fused-ring (bicyclic) bond motifs is 1. The average molecular weight is 388 g/mol. The van der Waals surface area contributed by atoms with Crippen molar-refractivity contribution in [1.82, 2.24) is 0 Å². The molecule has 2 aromatic carbocycles. The highest BCUT2D eigenvalue weighted by molar-refractivity contribution is 6.25. The molecule has 148 valence electrons. The Morgan fingerprint density at radius 1 is 1.00 bits per heavy atom. The van der Waals surface area contributed by atoms with E-state index in [2.05, 4.69) is 5.32 Å². The van der Waals surface area contributed by atoms with Crippen LogP contribution in [0.1, 0.15) is 41.3 Å². The molecule has 0 aromatic heterocycles. The molecule has 2 aromatic rings. The molecule has 4 rings (SSSR count). The van der Waals surface area contributed by atoms with E-state index in [9.17, 15) is 14.4 Å². The molecule has 0 unspecified atom stereocenters. The minimum absolute atomic E-state index is 0.209. The normalized spacial score (nSPS) is 21.1. The zero-order valence-corrected chi connectivity index (χ0v) is 16.9. The Morgan fingerprint density at radius 2 is 1.72 bits per heavy atom. The SMILES string of the molecule is CC1=CC[C@@H]2C(=O)N(c3ccccc3C(=O)Nc3cc(C)ccc3C)C(=O)[C@H]2C1. The van der Waals surface area contributed by atoms with Crippen LogP contribution in [0.4, 0.5) is 11.4 Å². The maximum Gasteiger partial charge on any atom is 0.257 e. The summed E-state index contributed by atoms with van der Waals surface area (Å²) in [5, 5.41) is 2.93. The molecular formula is C24H24N2O3. The molecule has 2 atom stereocenters. The first-order valence-corrected chi connectivity index (χ1v) is 9.88. The van der Waals surface area contributed by atoms with E-state index in [1.54, 1.807) is 24.3 Å². The van der Waals surface area contributed by atoms with E-state index in [4.69, 9.17) is 0 Å². The van der Waals surface area contributed by atoms with E-state index in [-0.39, 0.29) is 29.6 Å². The van der Waals surface area contributed by atoms with Crippen LogP contribution in [0.3, 0.4) is 0 Å². The fraction of sp³-hybridized carbons (Fsp3) is 0.292. The Kier molecular flexibility index (Phi) is 4.82. The number of para-hydroxylation sites is 1. The van der Waals surface area contributed by atoms with Crippen molar-refractivity contribution in [2.75, 3.05) is 10.2 Å². The molecule has 1 saturated heterocycles. The standard InChI is InChI=1S/C24H24N2O3/c1-14-9-11-17-19(12-14)24(29)26(23(17)28)21-7-5-4-6-18(21)22(27)25-20-13-15(2)8-10-16(20)3/h4-10,13,17,19H,11-12H2,1-3H3,(H,25,27)/t17-,19-/m0/s1. The molecule has 2 aliphatic rings. The fourth-order valence-corrected chi connectivity index (χ4v) is 4.20. The molecule has 1 fully saturated rings. The summed E-state index contributed by atoms with van der Waals surface area (Å²) in [5.74, 6) is -1.42. The molecule has 5 nitrogen and oxygen atoms in total. The number of nitrogens with zero attached hydrogens (tertiary/aromatic N) is 1. The maximum absolute atomic E-state index is 13.1. The maximum atomic E-state index is 13.1. The van der Waals surface area contributed by atoms with Gasteiger partial charge in [0.25, 0.3) is 5.91 Å². The molecule has 1 aliphatic heterocycles. The van der Waals surface area contributed by atoms with E-state index in [1.807, 2.05) is 45.0 Å². The molecule has 29 heavy (non-hydrogen) atoms. The van der Waals surface area contributed by atoms with Crippen LogP contribution in [0.25, 0.3) is 0 Å². The Morgan fingerprint density at radius 3 is 2.52 bits per heavy atom. The van der Waals surface area contributed by atoms with Gasteiger partial charge in [0.05, 0.1) is 23.1 Å². The van der Waals surface area contributed by atoms with E-state index >= 15 is 0 Å². The highest BCUT2D eigenvalue weighted by atomic mass is 16.2. The fourth-order valence-electron chi connectivity index (χ4n) is 4.20. The lowest BCUT2D eigenvalue weighted by atomic mass is 9.82. The van der Waals surface area contributed by atoms with Crippen LogP contribution >= 0.6 is 0 Å². The van der Waals surface area contributed by atoms with Crippen molar-refractivity contribution in [1.29, 1.82) is 0 Å². The summed E-state index contributed by atoms with van der Waals surface area (Å²) in [5.41, 5.74) is 4.52. The van der Waals surface area contributed by atoms with Gasteiger partial charge in [-0.25, -0.2) is 4.90 Å². The van der Waals surface area contributed by atoms with Gasteiger partial charge in [-0.3, -0.25) is 14.4 Å². The molecule has 3 amide bonds. The molecular weight excluding hydrogens is 364 g/mol. The Hall–Kier alpha value is -3.21. The van der Waals surface area contributed by atoms with E-state index < -0.39 is 0 Å². The highest BCUT2D eigenvalue weighted by Crippen LogP contribution is 2.40. The van der Waals surface area contributed by atoms with Gasteiger partial charge in [0.1, 0.15) is 0 Å². The number of hydrogen-bond donors (Lipinski definition) is 1. The number of amides is 3. The summed E-state index contributed by atoms with van der Waals surface area (Å²) in [6.07, 6.45) is 3.21. The number of benzene rings is 2. The van der Waals surface area contributed by atoms with Crippen molar-refractivity contribution >= 4 is 29.1 Å². The van der Waals surface area contributed by atoms with Crippen LogP contribution in [0.15, 0.2) is 54.1 Å². The Labute approximate surface area is 170 Å². The predicted molar refractivity (Wildman–Crippen MR) is 113 cm³/mol. The summed E-state index contributed by atoms with van der Waals surface area (Å²) in [4.78, 5) is 40.4. The molecule has 0 saturated carbocycles. The minimum atomic E-state index is -0.334. The second kappa shape index (κ2) is 7.32. The summed E-state index contributed by atoms with van der Waals surface area (Å²) >= 11 is 0. The summed E-state index contributed by atoms with van der Waals surface area (Å²) in [6, 6.07) is 12.7. The van der Waals surface area contributed by atoms with Crippen LogP contribution in [-0.4, -0.2) is 17.7 Å². The molecule has 5 heteroatoms. The third kappa shape index (κ3) is 3.37. The Bertz CT molecular complexity index is 1050. The molecule has 0 radical (unpaired) electrons. The van der Waals surface area contributed by atoms with Crippen LogP contribution in [0.5, 0.6) is 0 Å². The quantitative estimate of drug-likeness (QED) is 0.626. The minimum Gasteiger partial charge on any atom is -0.322 e. The third-order valence-electron chi connectivity index (χ3n) is 5.85. The lowest BCUT2D eigenvalue weighted by Crippen LogP contribution is -2.33. The number of imide groups is 1. The lowest BCUT2D eigenvalue weighted by Gasteiger charge is -2.19. The number of nitrogens with one attached hydrogen (secondary N) is 1. The number of anilines is 2. The number of rotatable bonds is 3. The summed E-state index contributed by atoms with van der Waals surface area (Å²) in [7, 11) is 0. The van der Waals surface area contributed by atoms with Crippen LogP contribution in [0, 0.1) is 25.7 Å². The van der Waals surface area contributed by atoms with Crippen molar-refractivity contribution in [3.8, 4) is 0 Å². The molecule has 1 aliphatic carbocycles. The Balaban J connectivity index is 1.67. The van der Waals surface area contributed by atoms with Gasteiger partial charge in [0, 0.05) is 5.69 Å². The van der Waals surface area contributed by atoms with Crippen molar-refractivity contribution in [2.24, 2.45) is 11.8 Å². The molecule has 0 spiro atoms. The number of allylic oxidation sites excluding steroid dienone is 2. The van der Waals surface area contributed by atoms with Gasteiger partial charge in [0.2, 0.25) is 11.8 Å². The topological polar surface area (TPSA) is 66.5 Å². The largest absolute Gasteiger partial charge is 0.322 e. The first-order valence-electron chi connectivity index (χ1n) is 9.88. The van der Waals surface area contributed by atoms with Gasteiger partial charge < -0.3 is 5.32 Å². The number of carbonyl (C=O) groups is 3. The monoisotopic (exact) mass is 388 g/mol. The summed E-state index contributed by atoms with van der Waals surface area (Å²) < 4.78 is 0. The van der Waals surface area contributed by atoms with E-state index in [1.165, 1.54) is 4.90 Å². The first-order chi connectivity index (χ1) is 13.9. The van der Waals surface area contributed by atoms with Gasteiger partial charge in [-0.2, -0.15) is 0 Å². The average Bonchev–Trinajstić information content (AvgIpc) is 2.94. The van der Waals surface area contributed by atoms with Gasteiger partial charge in [0.15, 0.2) is 0 Å². The van der Waals surface area contributed by atoms with Crippen molar-refractivity contribution in [3.63, 3.8) is 0 Å². The number of aryl methyl sites for hydroxylation is 2. The predicted octanol–water partition coefficient (Wildman–Crippen LogP) is 4.40. The van der Waals surface area contributed by atoms with Crippen molar-refractivity contribution < 1.29 is 14.4 Å². The van der Waals surface area contributed by atoms with Crippen molar-refractivity contribution in [3.05, 3.63) is 70.8 Å². The van der Waals surface area contributed by atoms with E-state index in [0.29, 0.717) is 24.1 Å². The first kappa shape index (κ1) is 19.1. The van der Waals surface area contributed by atoms with E-state index in [0.717, 1.165) is 22.4 Å². The van der Waals surface area contributed by atoms with Crippen LogP contribution < -0.4 is 10.2 Å². The van der Waals surface area contributed by atoms with Crippen LogP contribution in [0.2, 0.25) is 0 Å². The highest BCUT2D eigenvalue weighted by Gasteiger charge is 2.49. The third-order valence-corrected chi connectivity index (χ3v) is 5.85. The summed E-state index contributed by atoms with van der Waals surface area (Å²) in [6.45, 7) is 5.87. The smallest absolute Gasteiger partial charge is 0.257 e. The zero-order chi connectivity index (χ0) is 20.7. The van der Waals surface area contributed by atoms with Gasteiger partial charge in [-0.05, 0) is 62.9 Å². The van der Waals surface area contributed by atoms with Gasteiger partial charge >= 0.3 is 0 Å². The zero-order valence-electron chi connectivity index (χ0n) is 16.9. The lowest BCUT2D eigenvalue weighted by molar-refractivity contribution is -0.122. The number of carbonyl (C=O) groups excluding carboxylic acids is 3. The second-order valence-corrected chi connectivity index (χ2v) is 8.00. The number of hydrogen-bond acceptors (Lipinski definition) is 3. The second-order valence-electron chi connectivity index (χ2n) is 8.00. The molecule has 1 heterocycles. The van der Waals surface area contributed by atoms with Gasteiger partial charge in [-0.1, -0.05) is 35.9 Å². The van der Waals surface area contributed by atoms with Crippen LogP contribution in [-0.2, 0) is 9.59 Å². The van der Waals surface area contributed by atoms with Crippen molar-refractivity contribution in [2.45, 2.75) is 33.6 Å².